The molecule has 5 heteroatoms. The molecule has 20 heavy (non-hydrogen) atoms. The molecule has 0 aliphatic rings. The molecule has 2 N–H and O–H groups in total. The third kappa shape index (κ3) is 4.27. The van der Waals surface area contributed by atoms with Crippen molar-refractivity contribution in [2.24, 2.45) is 5.73 Å². The minimum Gasteiger partial charge on any atom is -0.493 e. The van der Waals surface area contributed by atoms with E-state index < -0.39 is 0 Å². The van der Waals surface area contributed by atoms with Crippen molar-refractivity contribution < 1.29 is 14.2 Å². The van der Waals surface area contributed by atoms with Crippen LogP contribution in [0.2, 0.25) is 5.02 Å². The first-order chi connectivity index (χ1) is 9.34. The van der Waals surface area contributed by atoms with E-state index in [-0.39, 0.29) is 11.6 Å². The van der Waals surface area contributed by atoms with E-state index in [0.717, 1.165) is 18.4 Å². The smallest absolute Gasteiger partial charge is 0.179 e. The van der Waals surface area contributed by atoms with Crippen LogP contribution in [0.15, 0.2) is 12.1 Å². The Balaban J connectivity index is 2.88. The van der Waals surface area contributed by atoms with Gasteiger partial charge in [-0.1, -0.05) is 11.6 Å². The van der Waals surface area contributed by atoms with Gasteiger partial charge in [-0.25, -0.2) is 0 Å². The van der Waals surface area contributed by atoms with Crippen LogP contribution in [0.4, 0.5) is 0 Å². The molecule has 1 rings (SSSR count). The zero-order valence-corrected chi connectivity index (χ0v) is 13.6. The number of hydrogen-bond donors (Lipinski definition) is 1. The molecule has 1 atom stereocenters. The van der Waals surface area contributed by atoms with Crippen LogP contribution < -0.4 is 15.2 Å². The van der Waals surface area contributed by atoms with E-state index in [1.807, 2.05) is 26.0 Å². The molecule has 114 valence electrons. The summed E-state index contributed by atoms with van der Waals surface area (Å²) in [6, 6.07) is 3.57. The summed E-state index contributed by atoms with van der Waals surface area (Å²) in [5.41, 5.74) is 6.98. The molecule has 0 amide bonds. The summed E-state index contributed by atoms with van der Waals surface area (Å²) in [4.78, 5) is 0. The number of ether oxygens (including phenoxy) is 3. The maximum Gasteiger partial charge on any atom is 0.179 e. The van der Waals surface area contributed by atoms with Gasteiger partial charge in [-0.3, -0.25) is 0 Å². The number of hydrogen-bond acceptors (Lipinski definition) is 4. The number of methoxy groups -OCH3 is 3. The monoisotopic (exact) mass is 301 g/mol. The number of nitrogens with two attached hydrogens (primary N) is 1. The lowest BCUT2D eigenvalue weighted by Gasteiger charge is -2.25. The Hall–Kier alpha value is -0.970. The minimum atomic E-state index is -0.183. The Morgan fingerprint density at radius 2 is 1.85 bits per heavy atom. The van der Waals surface area contributed by atoms with E-state index in [1.54, 1.807) is 21.3 Å². The first kappa shape index (κ1) is 17.1. The van der Waals surface area contributed by atoms with Gasteiger partial charge < -0.3 is 19.9 Å². The van der Waals surface area contributed by atoms with E-state index >= 15 is 0 Å². The molecule has 4 nitrogen and oxygen atoms in total. The molecule has 0 fully saturated rings. The first-order valence-corrected chi connectivity index (χ1v) is 6.94. The van der Waals surface area contributed by atoms with Crippen molar-refractivity contribution in [1.82, 2.24) is 0 Å². The second kappa shape index (κ2) is 7.16. The SMILES string of the molecule is COc1cc(C(N)CCC(C)(C)OC)cc(Cl)c1OC. The van der Waals surface area contributed by atoms with Crippen molar-refractivity contribution in [3.8, 4) is 11.5 Å². The number of halogens is 1. The highest BCUT2D eigenvalue weighted by Gasteiger charge is 2.20. The summed E-state index contributed by atoms with van der Waals surface area (Å²) in [6.07, 6.45) is 1.66. The van der Waals surface area contributed by atoms with Crippen LogP contribution in [-0.2, 0) is 4.74 Å². The summed E-state index contributed by atoms with van der Waals surface area (Å²) < 4.78 is 15.9. The summed E-state index contributed by atoms with van der Waals surface area (Å²) in [7, 11) is 4.85. The average Bonchev–Trinajstić information content (AvgIpc) is 2.43. The molecule has 0 bridgehead atoms. The lowest BCUT2D eigenvalue weighted by atomic mass is 9.95. The molecule has 1 aromatic carbocycles. The third-order valence-electron chi connectivity index (χ3n) is 3.49. The maximum absolute atomic E-state index is 6.23. The lowest BCUT2D eigenvalue weighted by molar-refractivity contribution is 0.0125. The van der Waals surface area contributed by atoms with E-state index in [2.05, 4.69) is 0 Å². The van der Waals surface area contributed by atoms with Gasteiger partial charge in [0.2, 0.25) is 0 Å². The highest BCUT2D eigenvalue weighted by molar-refractivity contribution is 6.32. The van der Waals surface area contributed by atoms with E-state index in [9.17, 15) is 0 Å². The largest absolute Gasteiger partial charge is 0.493 e. The molecule has 0 heterocycles. The van der Waals surface area contributed by atoms with Crippen LogP contribution >= 0.6 is 11.6 Å². The molecule has 0 aliphatic carbocycles. The standard InChI is InChI=1S/C15H24ClNO3/c1-15(2,20-5)7-6-12(17)10-8-11(16)14(19-4)13(9-10)18-3/h8-9,12H,6-7,17H2,1-5H3. The zero-order valence-electron chi connectivity index (χ0n) is 12.8. The molecule has 0 radical (unpaired) electrons. The van der Waals surface area contributed by atoms with Crippen molar-refractivity contribution in [1.29, 1.82) is 0 Å². The van der Waals surface area contributed by atoms with Gasteiger partial charge in [-0.15, -0.1) is 0 Å². The van der Waals surface area contributed by atoms with E-state index in [0.29, 0.717) is 16.5 Å². The van der Waals surface area contributed by atoms with Crippen molar-refractivity contribution in [2.75, 3.05) is 21.3 Å². The molecular weight excluding hydrogens is 278 g/mol. The topological polar surface area (TPSA) is 53.7 Å². The molecule has 0 saturated carbocycles. The van der Waals surface area contributed by atoms with Gasteiger partial charge in [-0.2, -0.15) is 0 Å². The quantitative estimate of drug-likeness (QED) is 0.836. The highest BCUT2D eigenvalue weighted by atomic mass is 35.5. The van der Waals surface area contributed by atoms with Gasteiger partial charge in [0.15, 0.2) is 11.5 Å². The predicted octanol–water partition coefficient (Wildman–Crippen LogP) is 3.56. The Morgan fingerprint density at radius 3 is 2.35 bits per heavy atom. The molecule has 0 aliphatic heterocycles. The van der Waals surface area contributed by atoms with Gasteiger partial charge in [0, 0.05) is 13.2 Å². The molecular formula is C15H24ClNO3. The third-order valence-corrected chi connectivity index (χ3v) is 3.77. The van der Waals surface area contributed by atoms with Gasteiger partial charge >= 0.3 is 0 Å². The van der Waals surface area contributed by atoms with Crippen LogP contribution in [0.5, 0.6) is 11.5 Å². The number of benzene rings is 1. The van der Waals surface area contributed by atoms with Crippen LogP contribution in [0.1, 0.15) is 38.3 Å². The van der Waals surface area contributed by atoms with Crippen molar-refractivity contribution in [2.45, 2.75) is 38.3 Å². The fraction of sp³-hybridized carbons (Fsp3) is 0.600. The molecule has 0 aromatic heterocycles. The van der Waals surface area contributed by atoms with Crippen molar-refractivity contribution in [3.05, 3.63) is 22.7 Å². The predicted molar refractivity (Wildman–Crippen MR) is 81.8 cm³/mol. The highest BCUT2D eigenvalue weighted by Crippen LogP contribution is 2.38. The maximum atomic E-state index is 6.23. The van der Waals surface area contributed by atoms with Gasteiger partial charge in [0.05, 0.1) is 24.8 Å². The molecule has 0 spiro atoms. The van der Waals surface area contributed by atoms with Crippen molar-refractivity contribution in [3.63, 3.8) is 0 Å². The van der Waals surface area contributed by atoms with Gasteiger partial charge in [0.25, 0.3) is 0 Å². The Kier molecular flexibility index (Phi) is 6.11. The second-order valence-corrected chi connectivity index (χ2v) is 5.75. The van der Waals surface area contributed by atoms with Crippen molar-refractivity contribution >= 4 is 11.6 Å². The molecule has 1 unspecified atom stereocenters. The van der Waals surface area contributed by atoms with E-state index in [1.165, 1.54) is 0 Å². The summed E-state index contributed by atoms with van der Waals surface area (Å²) >= 11 is 6.19. The Morgan fingerprint density at radius 1 is 1.20 bits per heavy atom. The first-order valence-electron chi connectivity index (χ1n) is 6.56. The van der Waals surface area contributed by atoms with Gasteiger partial charge in [-0.05, 0) is 44.4 Å². The fourth-order valence-corrected chi connectivity index (χ4v) is 2.22. The van der Waals surface area contributed by atoms with Crippen LogP contribution in [-0.4, -0.2) is 26.9 Å². The number of rotatable bonds is 7. The minimum absolute atomic E-state index is 0.123. The van der Waals surface area contributed by atoms with Gasteiger partial charge in [0.1, 0.15) is 0 Å². The normalized spacial score (nSPS) is 13.2. The zero-order chi connectivity index (χ0) is 15.3. The fourth-order valence-electron chi connectivity index (χ4n) is 1.92. The summed E-state index contributed by atoms with van der Waals surface area (Å²) in [5, 5.41) is 0.503. The second-order valence-electron chi connectivity index (χ2n) is 5.35. The van der Waals surface area contributed by atoms with Crippen LogP contribution in [0, 0.1) is 0 Å². The lowest BCUT2D eigenvalue weighted by Crippen LogP contribution is -2.24. The Labute approximate surface area is 126 Å². The Bertz CT molecular complexity index is 449. The molecule has 0 saturated heterocycles. The van der Waals surface area contributed by atoms with Crippen LogP contribution in [0.3, 0.4) is 0 Å². The average molecular weight is 302 g/mol. The summed E-state index contributed by atoms with van der Waals surface area (Å²) in [5.74, 6) is 1.12. The van der Waals surface area contributed by atoms with E-state index in [4.69, 9.17) is 31.5 Å². The summed E-state index contributed by atoms with van der Waals surface area (Å²) in [6.45, 7) is 4.09. The van der Waals surface area contributed by atoms with Crippen LogP contribution in [0.25, 0.3) is 0 Å². The molecule has 1 aromatic rings.